The van der Waals surface area contributed by atoms with Crippen LogP contribution < -0.4 is 21.7 Å². The molecule has 0 aromatic carbocycles. The third-order valence-electron chi connectivity index (χ3n) is 5.02. The van der Waals surface area contributed by atoms with E-state index >= 15 is 0 Å². The van der Waals surface area contributed by atoms with Gasteiger partial charge < -0.3 is 36.9 Å². The van der Waals surface area contributed by atoms with Crippen LogP contribution in [-0.2, 0) is 25.6 Å². The van der Waals surface area contributed by atoms with Crippen molar-refractivity contribution in [2.45, 2.75) is 77.7 Å². The Morgan fingerprint density at radius 3 is 2.06 bits per heavy atom. The quantitative estimate of drug-likeness (QED) is 0.189. The number of aliphatic carboxylic acids is 1. The number of nitrogens with one attached hydrogen (secondary N) is 4. The van der Waals surface area contributed by atoms with Gasteiger partial charge in [-0.2, -0.15) is 0 Å². The fourth-order valence-electron chi connectivity index (χ4n) is 3.01. The minimum Gasteiger partial charge on any atom is -0.480 e. The van der Waals surface area contributed by atoms with Gasteiger partial charge in [-0.25, -0.2) is 9.78 Å². The van der Waals surface area contributed by atoms with E-state index in [1.807, 2.05) is 13.8 Å². The van der Waals surface area contributed by atoms with Crippen LogP contribution in [0.2, 0.25) is 0 Å². The van der Waals surface area contributed by atoms with E-state index in [2.05, 4.69) is 25.9 Å². The molecule has 3 amide bonds. The first-order chi connectivity index (χ1) is 15.3. The normalized spacial score (nSPS) is 15.9. The SMILES string of the molecule is CC(C)CC(NC(=O)C(N)C(C)C)C(=O)NC(C(=O)NC(Cc1cnc[nH]1)C(=O)O)C(C)O. The van der Waals surface area contributed by atoms with E-state index < -0.39 is 54.0 Å². The van der Waals surface area contributed by atoms with Crippen LogP contribution in [0.15, 0.2) is 12.5 Å². The molecular weight excluding hydrogens is 432 g/mol. The second kappa shape index (κ2) is 12.9. The standard InChI is InChI=1S/C21H36N6O6/c1-10(2)6-14(25-19(30)16(22)11(3)4)18(29)27-17(12(5)28)20(31)26-15(21(32)33)7-13-8-23-9-24-13/h8-12,14-17,28H,6-7,22H2,1-5H3,(H,23,24)(H,25,30)(H,26,31)(H,27,29)(H,32,33). The van der Waals surface area contributed by atoms with E-state index in [0.29, 0.717) is 5.69 Å². The summed E-state index contributed by atoms with van der Waals surface area (Å²) in [5.41, 5.74) is 6.35. The van der Waals surface area contributed by atoms with Gasteiger partial charge in [0.25, 0.3) is 0 Å². The molecule has 0 aliphatic carbocycles. The van der Waals surface area contributed by atoms with Crippen molar-refractivity contribution in [1.29, 1.82) is 0 Å². The molecule has 8 N–H and O–H groups in total. The number of aromatic amines is 1. The Balaban J connectivity index is 2.94. The van der Waals surface area contributed by atoms with Crippen LogP contribution in [0.4, 0.5) is 0 Å². The highest BCUT2D eigenvalue weighted by Crippen LogP contribution is 2.08. The molecule has 186 valence electrons. The van der Waals surface area contributed by atoms with E-state index in [9.17, 15) is 29.4 Å². The number of aromatic nitrogens is 2. The van der Waals surface area contributed by atoms with Crippen molar-refractivity contribution < 1.29 is 29.4 Å². The topological polar surface area (TPSA) is 200 Å². The molecule has 0 fully saturated rings. The van der Waals surface area contributed by atoms with E-state index in [1.165, 1.54) is 19.4 Å². The zero-order valence-electron chi connectivity index (χ0n) is 19.7. The summed E-state index contributed by atoms with van der Waals surface area (Å²) in [5.74, 6) is -3.48. The Morgan fingerprint density at radius 2 is 1.61 bits per heavy atom. The fourth-order valence-corrected chi connectivity index (χ4v) is 3.01. The molecule has 0 radical (unpaired) electrons. The van der Waals surface area contributed by atoms with Crippen molar-refractivity contribution in [3.05, 3.63) is 18.2 Å². The summed E-state index contributed by atoms with van der Waals surface area (Å²) in [4.78, 5) is 56.2. The Kier molecular flexibility index (Phi) is 11.0. The lowest BCUT2D eigenvalue weighted by Crippen LogP contribution is -2.60. The van der Waals surface area contributed by atoms with Crippen LogP contribution in [0.5, 0.6) is 0 Å². The van der Waals surface area contributed by atoms with Crippen molar-refractivity contribution >= 4 is 23.7 Å². The maximum Gasteiger partial charge on any atom is 0.326 e. The minimum atomic E-state index is -1.44. The molecule has 0 saturated carbocycles. The van der Waals surface area contributed by atoms with E-state index in [-0.39, 0.29) is 24.7 Å². The predicted octanol–water partition coefficient (Wildman–Crippen LogP) is -1.10. The zero-order valence-corrected chi connectivity index (χ0v) is 19.7. The molecule has 0 aliphatic rings. The van der Waals surface area contributed by atoms with Gasteiger partial charge >= 0.3 is 5.97 Å². The number of nitrogens with two attached hydrogens (primary N) is 1. The highest BCUT2D eigenvalue weighted by molar-refractivity contribution is 5.94. The molecule has 0 spiro atoms. The molecule has 12 nitrogen and oxygen atoms in total. The second-order valence-electron chi connectivity index (χ2n) is 8.87. The fraction of sp³-hybridized carbons (Fsp3) is 0.667. The molecule has 5 unspecified atom stereocenters. The molecule has 0 saturated heterocycles. The number of imidazole rings is 1. The summed E-state index contributed by atoms with van der Waals surface area (Å²) in [6.45, 7) is 8.57. The average Bonchev–Trinajstić information content (AvgIpc) is 3.22. The van der Waals surface area contributed by atoms with Crippen LogP contribution in [0.1, 0.15) is 46.7 Å². The summed E-state index contributed by atoms with van der Waals surface area (Å²) in [7, 11) is 0. The lowest BCUT2D eigenvalue weighted by Gasteiger charge is -2.27. The van der Waals surface area contributed by atoms with Crippen LogP contribution in [0.3, 0.4) is 0 Å². The van der Waals surface area contributed by atoms with Gasteiger partial charge in [-0.15, -0.1) is 0 Å². The zero-order chi connectivity index (χ0) is 25.3. The van der Waals surface area contributed by atoms with Crippen LogP contribution >= 0.6 is 0 Å². The van der Waals surface area contributed by atoms with Gasteiger partial charge in [0, 0.05) is 18.3 Å². The Morgan fingerprint density at radius 1 is 1.00 bits per heavy atom. The number of carbonyl (C=O) groups is 4. The van der Waals surface area contributed by atoms with Crippen molar-refractivity contribution in [2.75, 3.05) is 0 Å². The molecule has 1 heterocycles. The monoisotopic (exact) mass is 468 g/mol. The van der Waals surface area contributed by atoms with Crippen molar-refractivity contribution in [2.24, 2.45) is 17.6 Å². The molecular formula is C21H36N6O6. The molecule has 33 heavy (non-hydrogen) atoms. The van der Waals surface area contributed by atoms with E-state index in [4.69, 9.17) is 5.73 Å². The van der Waals surface area contributed by atoms with Gasteiger partial charge in [-0.1, -0.05) is 27.7 Å². The number of carboxylic acids is 1. The Hall–Kier alpha value is -2.99. The first-order valence-corrected chi connectivity index (χ1v) is 10.9. The lowest BCUT2D eigenvalue weighted by atomic mass is 10.00. The molecule has 12 heteroatoms. The number of hydrogen-bond acceptors (Lipinski definition) is 7. The van der Waals surface area contributed by atoms with Gasteiger partial charge in [0.1, 0.15) is 18.1 Å². The van der Waals surface area contributed by atoms with Gasteiger partial charge in [-0.3, -0.25) is 14.4 Å². The van der Waals surface area contributed by atoms with Gasteiger partial charge in [0.05, 0.1) is 18.5 Å². The average molecular weight is 469 g/mol. The second-order valence-corrected chi connectivity index (χ2v) is 8.87. The summed E-state index contributed by atoms with van der Waals surface area (Å²) >= 11 is 0. The van der Waals surface area contributed by atoms with Gasteiger partial charge in [-0.05, 0) is 25.2 Å². The third-order valence-corrected chi connectivity index (χ3v) is 5.02. The molecule has 0 aliphatic heterocycles. The van der Waals surface area contributed by atoms with E-state index in [0.717, 1.165) is 0 Å². The number of carboxylic acid groups (broad SMARTS) is 1. The van der Waals surface area contributed by atoms with Crippen LogP contribution in [-0.4, -0.2) is 74.1 Å². The predicted molar refractivity (Wildman–Crippen MR) is 120 cm³/mol. The van der Waals surface area contributed by atoms with Gasteiger partial charge in [0.2, 0.25) is 17.7 Å². The summed E-state index contributed by atoms with van der Waals surface area (Å²) in [5, 5.41) is 26.9. The van der Waals surface area contributed by atoms with Crippen molar-refractivity contribution in [3.63, 3.8) is 0 Å². The number of H-pyrrole nitrogens is 1. The summed E-state index contributed by atoms with van der Waals surface area (Å²) < 4.78 is 0. The maximum atomic E-state index is 12.9. The molecule has 1 rings (SSSR count). The molecule has 0 bridgehead atoms. The molecule has 1 aromatic rings. The first-order valence-electron chi connectivity index (χ1n) is 10.9. The Labute approximate surface area is 193 Å². The maximum absolute atomic E-state index is 12.9. The number of aliphatic hydroxyl groups excluding tert-OH is 1. The first kappa shape index (κ1) is 28.0. The number of hydrogen-bond donors (Lipinski definition) is 7. The number of aliphatic hydroxyl groups is 1. The summed E-state index contributed by atoms with van der Waals surface area (Å²) in [6.07, 6.45) is 1.68. The van der Waals surface area contributed by atoms with Crippen molar-refractivity contribution in [3.8, 4) is 0 Å². The van der Waals surface area contributed by atoms with E-state index in [1.54, 1.807) is 13.8 Å². The van der Waals surface area contributed by atoms with Crippen LogP contribution in [0.25, 0.3) is 0 Å². The van der Waals surface area contributed by atoms with Crippen molar-refractivity contribution in [1.82, 2.24) is 25.9 Å². The summed E-state index contributed by atoms with van der Waals surface area (Å²) in [6, 6.07) is -4.56. The number of carbonyl (C=O) groups excluding carboxylic acids is 3. The third kappa shape index (κ3) is 9.18. The van der Waals surface area contributed by atoms with Crippen LogP contribution in [0, 0.1) is 11.8 Å². The smallest absolute Gasteiger partial charge is 0.326 e. The minimum absolute atomic E-state index is 0.0287. The lowest BCUT2D eigenvalue weighted by molar-refractivity contribution is -0.143. The number of amides is 3. The molecule has 1 aromatic heterocycles. The van der Waals surface area contributed by atoms with Gasteiger partial charge in [0.15, 0.2) is 0 Å². The molecule has 5 atom stereocenters. The highest BCUT2D eigenvalue weighted by Gasteiger charge is 2.33. The number of nitrogens with zero attached hydrogens (tertiary/aromatic N) is 1. The number of rotatable bonds is 13. The largest absolute Gasteiger partial charge is 0.480 e. The Bertz CT molecular complexity index is 795. The highest BCUT2D eigenvalue weighted by atomic mass is 16.4.